The smallest absolute Gasteiger partial charge is 0.185 e. The minimum Gasteiger partial charge on any atom is -0.348 e. The molecule has 1 aliphatic rings. The first kappa shape index (κ1) is 11.9. The summed E-state index contributed by atoms with van der Waals surface area (Å²) >= 11 is 1.78. The standard InChI is InChI=1S/C12H21N3S/c1-4-10-5-6-15(7-10)12-14-11(8-16-12)9(2)13-3/h8-10,13H,4-7H2,1-3H3. The molecule has 2 rings (SSSR count). The van der Waals surface area contributed by atoms with Crippen LogP contribution in [0.15, 0.2) is 5.38 Å². The van der Waals surface area contributed by atoms with Gasteiger partial charge in [-0.25, -0.2) is 4.98 Å². The quantitative estimate of drug-likeness (QED) is 0.875. The zero-order chi connectivity index (χ0) is 11.5. The van der Waals surface area contributed by atoms with E-state index >= 15 is 0 Å². The van der Waals surface area contributed by atoms with Gasteiger partial charge in [0.15, 0.2) is 5.13 Å². The second kappa shape index (κ2) is 5.15. The van der Waals surface area contributed by atoms with E-state index < -0.39 is 0 Å². The summed E-state index contributed by atoms with van der Waals surface area (Å²) in [5, 5.41) is 6.61. The molecule has 0 aliphatic carbocycles. The predicted molar refractivity (Wildman–Crippen MR) is 70.2 cm³/mol. The third kappa shape index (κ3) is 2.38. The molecular formula is C12H21N3S. The number of nitrogens with zero attached hydrogens (tertiary/aromatic N) is 2. The Morgan fingerprint density at radius 2 is 2.50 bits per heavy atom. The molecule has 0 bridgehead atoms. The zero-order valence-corrected chi connectivity index (χ0v) is 11.2. The van der Waals surface area contributed by atoms with Gasteiger partial charge in [-0.15, -0.1) is 11.3 Å². The molecular weight excluding hydrogens is 218 g/mol. The van der Waals surface area contributed by atoms with Crippen molar-refractivity contribution in [2.45, 2.75) is 32.7 Å². The molecule has 0 radical (unpaired) electrons. The minimum absolute atomic E-state index is 0.356. The maximum Gasteiger partial charge on any atom is 0.185 e. The fourth-order valence-corrected chi connectivity index (χ4v) is 3.06. The summed E-state index contributed by atoms with van der Waals surface area (Å²) in [5.41, 5.74) is 1.17. The van der Waals surface area contributed by atoms with Gasteiger partial charge in [0.25, 0.3) is 0 Å². The van der Waals surface area contributed by atoms with Gasteiger partial charge < -0.3 is 10.2 Å². The summed E-state index contributed by atoms with van der Waals surface area (Å²) < 4.78 is 0. The van der Waals surface area contributed by atoms with Crippen LogP contribution in [0, 0.1) is 5.92 Å². The summed E-state index contributed by atoms with van der Waals surface area (Å²) in [5.74, 6) is 0.870. The summed E-state index contributed by atoms with van der Waals surface area (Å²) in [6.07, 6.45) is 2.62. The van der Waals surface area contributed by atoms with Crippen molar-refractivity contribution in [3.63, 3.8) is 0 Å². The molecule has 2 heterocycles. The van der Waals surface area contributed by atoms with Crippen LogP contribution in [0.3, 0.4) is 0 Å². The van der Waals surface area contributed by atoms with E-state index in [4.69, 9.17) is 4.98 Å². The van der Waals surface area contributed by atoms with Gasteiger partial charge in [0.2, 0.25) is 0 Å². The van der Waals surface area contributed by atoms with Gasteiger partial charge >= 0.3 is 0 Å². The molecule has 0 spiro atoms. The Kier molecular flexibility index (Phi) is 3.82. The Bertz CT molecular complexity index is 337. The van der Waals surface area contributed by atoms with Gasteiger partial charge in [-0.3, -0.25) is 0 Å². The van der Waals surface area contributed by atoms with Crippen molar-refractivity contribution in [3.05, 3.63) is 11.1 Å². The number of thiazole rings is 1. The van der Waals surface area contributed by atoms with Gasteiger partial charge in [0, 0.05) is 24.5 Å². The predicted octanol–water partition coefficient (Wildman–Crippen LogP) is 2.66. The zero-order valence-electron chi connectivity index (χ0n) is 10.4. The highest BCUT2D eigenvalue weighted by Crippen LogP contribution is 2.29. The molecule has 0 amide bonds. The first-order valence-electron chi connectivity index (χ1n) is 6.12. The Morgan fingerprint density at radius 3 is 3.12 bits per heavy atom. The number of aromatic nitrogens is 1. The van der Waals surface area contributed by atoms with Crippen LogP contribution < -0.4 is 10.2 Å². The second-order valence-electron chi connectivity index (χ2n) is 4.57. The normalized spacial score (nSPS) is 22.7. The molecule has 1 saturated heterocycles. The van der Waals surface area contributed by atoms with Crippen molar-refractivity contribution in [2.24, 2.45) is 5.92 Å². The molecule has 1 N–H and O–H groups in total. The molecule has 90 valence electrons. The van der Waals surface area contributed by atoms with Crippen molar-refractivity contribution in [1.29, 1.82) is 0 Å². The van der Waals surface area contributed by atoms with Crippen LogP contribution in [-0.2, 0) is 0 Å². The van der Waals surface area contributed by atoms with E-state index in [0.717, 1.165) is 5.92 Å². The van der Waals surface area contributed by atoms with E-state index in [-0.39, 0.29) is 0 Å². The van der Waals surface area contributed by atoms with Crippen molar-refractivity contribution < 1.29 is 0 Å². The number of rotatable bonds is 4. The molecule has 1 aromatic heterocycles. The molecule has 0 saturated carbocycles. The summed E-state index contributed by atoms with van der Waals surface area (Å²) in [6, 6.07) is 0.356. The molecule has 4 heteroatoms. The largest absolute Gasteiger partial charge is 0.348 e. The molecule has 0 aromatic carbocycles. The molecule has 1 fully saturated rings. The van der Waals surface area contributed by atoms with E-state index in [9.17, 15) is 0 Å². The fraction of sp³-hybridized carbons (Fsp3) is 0.750. The Labute approximate surface area is 102 Å². The monoisotopic (exact) mass is 239 g/mol. The van der Waals surface area contributed by atoms with E-state index in [1.165, 1.54) is 36.8 Å². The molecule has 2 unspecified atom stereocenters. The van der Waals surface area contributed by atoms with Crippen molar-refractivity contribution in [3.8, 4) is 0 Å². The average Bonchev–Trinajstić information content (AvgIpc) is 2.95. The van der Waals surface area contributed by atoms with Gasteiger partial charge in [-0.05, 0) is 26.3 Å². The number of hydrogen-bond donors (Lipinski definition) is 1. The van der Waals surface area contributed by atoms with Gasteiger partial charge in [0.1, 0.15) is 0 Å². The number of hydrogen-bond acceptors (Lipinski definition) is 4. The van der Waals surface area contributed by atoms with E-state index in [1.807, 2.05) is 7.05 Å². The molecule has 1 aromatic rings. The highest BCUT2D eigenvalue weighted by atomic mass is 32.1. The summed E-state index contributed by atoms with van der Waals surface area (Å²) in [7, 11) is 1.98. The second-order valence-corrected chi connectivity index (χ2v) is 5.41. The van der Waals surface area contributed by atoms with Crippen LogP contribution >= 0.6 is 11.3 Å². The molecule has 3 nitrogen and oxygen atoms in total. The lowest BCUT2D eigenvalue weighted by Gasteiger charge is -2.14. The maximum atomic E-state index is 4.71. The van der Waals surface area contributed by atoms with Gasteiger partial charge in [-0.2, -0.15) is 0 Å². The van der Waals surface area contributed by atoms with E-state index in [0.29, 0.717) is 6.04 Å². The lowest BCUT2D eigenvalue weighted by Crippen LogP contribution is -2.19. The highest BCUT2D eigenvalue weighted by molar-refractivity contribution is 7.13. The third-order valence-electron chi connectivity index (χ3n) is 3.52. The molecule has 2 atom stereocenters. The maximum absolute atomic E-state index is 4.71. The summed E-state index contributed by atoms with van der Waals surface area (Å²) in [6.45, 7) is 6.80. The average molecular weight is 239 g/mol. The first-order chi connectivity index (χ1) is 7.74. The topological polar surface area (TPSA) is 28.2 Å². The first-order valence-corrected chi connectivity index (χ1v) is 7.00. The van der Waals surface area contributed by atoms with E-state index in [1.54, 1.807) is 11.3 Å². The van der Waals surface area contributed by atoms with Crippen molar-refractivity contribution in [1.82, 2.24) is 10.3 Å². The Morgan fingerprint density at radius 1 is 1.69 bits per heavy atom. The summed E-state index contributed by atoms with van der Waals surface area (Å²) in [4.78, 5) is 7.15. The lowest BCUT2D eigenvalue weighted by atomic mass is 10.1. The molecule has 1 aliphatic heterocycles. The highest BCUT2D eigenvalue weighted by Gasteiger charge is 2.23. The van der Waals surface area contributed by atoms with Crippen molar-refractivity contribution >= 4 is 16.5 Å². The Hall–Kier alpha value is -0.610. The van der Waals surface area contributed by atoms with Crippen LogP contribution in [0.2, 0.25) is 0 Å². The minimum atomic E-state index is 0.356. The van der Waals surface area contributed by atoms with E-state index in [2.05, 4.69) is 29.4 Å². The van der Waals surface area contributed by atoms with Crippen LogP contribution in [0.5, 0.6) is 0 Å². The number of nitrogens with one attached hydrogen (secondary N) is 1. The Balaban J connectivity index is 2.02. The molecule has 16 heavy (non-hydrogen) atoms. The van der Waals surface area contributed by atoms with Gasteiger partial charge in [0.05, 0.1) is 5.69 Å². The number of anilines is 1. The lowest BCUT2D eigenvalue weighted by molar-refractivity contribution is 0.569. The third-order valence-corrected chi connectivity index (χ3v) is 4.44. The SMILES string of the molecule is CCC1CCN(c2nc(C(C)NC)cs2)C1. The van der Waals surface area contributed by atoms with Crippen LogP contribution in [0.1, 0.15) is 38.4 Å². The van der Waals surface area contributed by atoms with Crippen LogP contribution in [0.25, 0.3) is 0 Å². The van der Waals surface area contributed by atoms with Crippen LogP contribution in [-0.4, -0.2) is 25.1 Å². The fourth-order valence-electron chi connectivity index (χ4n) is 2.11. The van der Waals surface area contributed by atoms with Crippen molar-refractivity contribution in [2.75, 3.05) is 25.0 Å². The van der Waals surface area contributed by atoms with Crippen LogP contribution in [0.4, 0.5) is 5.13 Å². The van der Waals surface area contributed by atoms with Gasteiger partial charge in [-0.1, -0.05) is 13.3 Å².